The molecule has 2 N–H and O–H groups in total. The molecule has 2 fully saturated rings. The van der Waals surface area contributed by atoms with Gasteiger partial charge in [0.05, 0.1) is 0 Å². The molecule has 0 aromatic carbocycles. The Balaban J connectivity index is 1.66. The number of hydrogen-bond acceptors (Lipinski definition) is 4. The Bertz CT molecular complexity index is 537. The number of nitrogens with two attached hydrogens (primary N) is 1. The second kappa shape index (κ2) is 4.24. The van der Waals surface area contributed by atoms with Crippen LogP contribution < -0.4 is 5.73 Å². The molecule has 2 bridgehead atoms. The van der Waals surface area contributed by atoms with Crippen molar-refractivity contribution in [2.24, 2.45) is 16.7 Å². The third-order valence-electron chi connectivity index (χ3n) is 5.94. The number of aromatic nitrogens is 2. The van der Waals surface area contributed by atoms with Crippen molar-refractivity contribution in [3.8, 4) is 0 Å². The normalized spacial score (nSPS) is 34.4. The summed E-state index contributed by atoms with van der Waals surface area (Å²) in [6.07, 6.45) is 5.14. The summed E-state index contributed by atoms with van der Waals surface area (Å²) in [5.74, 6) is 0.874. The molecule has 20 heavy (non-hydrogen) atoms. The highest BCUT2D eigenvalue weighted by molar-refractivity contribution is 5.69. The number of hydrogen-bond donors (Lipinski definition) is 1. The second-order valence-corrected chi connectivity index (χ2v) is 7.03. The lowest BCUT2D eigenvalue weighted by Gasteiger charge is -2.38. The molecule has 1 aromatic rings. The Hall–Kier alpha value is -1.52. The first-order valence-corrected chi connectivity index (χ1v) is 7.31. The number of fused-ring (bicyclic) bond motifs is 2. The van der Waals surface area contributed by atoms with Gasteiger partial charge in [0.15, 0.2) is 0 Å². The first-order chi connectivity index (χ1) is 9.33. The van der Waals surface area contributed by atoms with Crippen LogP contribution in [0.5, 0.6) is 0 Å². The zero-order valence-electron chi connectivity index (χ0n) is 12.4. The fourth-order valence-electron chi connectivity index (χ4n) is 4.10. The summed E-state index contributed by atoms with van der Waals surface area (Å²) in [5.41, 5.74) is 5.91. The van der Waals surface area contributed by atoms with Gasteiger partial charge in [0, 0.05) is 11.6 Å². The predicted octanol–water partition coefficient (Wildman–Crippen LogP) is 2.22. The Labute approximate surface area is 119 Å². The zero-order chi connectivity index (χ0) is 14.5. The van der Waals surface area contributed by atoms with Crippen LogP contribution in [0.15, 0.2) is 12.3 Å². The molecule has 2 aliphatic rings. The molecule has 110 valence electrons. The summed E-state index contributed by atoms with van der Waals surface area (Å²) in [6, 6.07) is 1.68. The number of anilines is 1. The van der Waals surface area contributed by atoms with E-state index in [-0.39, 0.29) is 29.4 Å². The van der Waals surface area contributed by atoms with Gasteiger partial charge in [-0.2, -0.15) is 5.10 Å². The molecule has 0 radical (unpaired) electrons. The molecule has 3 unspecified atom stereocenters. The summed E-state index contributed by atoms with van der Waals surface area (Å²) < 4.78 is 7.28. The van der Waals surface area contributed by atoms with E-state index in [0.717, 1.165) is 12.8 Å². The van der Waals surface area contributed by atoms with Gasteiger partial charge in [0.25, 0.3) is 0 Å². The Morgan fingerprint density at radius 1 is 1.55 bits per heavy atom. The lowest BCUT2D eigenvalue weighted by Crippen LogP contribution is -2.38. The van der Waals surface area contributed by atoms with Crippen LogP contribution in [-0.4, -0.2) is 21.9 Å². The van der Waals surface area contributed by atoms with Crippen LogP contribution in [0, 0.1) is 16.7 Å². The van der Waals surface area contributed by atoms with Crippen LogP contribution in [0.1, 0.15) is 40.0 Å². The summed E-state index contributed by atoms with van der Waals surface area (Å²) in [6.45, 7) is 7.03. The van der Waals surface area contributed by atoms with Crippen molar-refractivity contribution in [2.45, 2.75) is 52.7 Å². The maximum absolute atomic E-state index is 12.1. The molecule has 3 rings (SSSR count). The van der Waals surface area contributed by atoms with E-state index in [1.807, 2.05) is 0 Å². The van der Waals surface area contributed by atoms with Crippen LogP contribution in [0.2, 0.25) is 0 Å². The molecule has 5 nitrogen and oxygen atoms in total. The standard InChI is InChI=1S/C15H23N3O2/c1-14(2)10-4-6-15(14,3)11(8-10)20-13(19)9-18-7-5-12(16)17-18/h5,7,10-11H,4,6,8-9H2,1-3H3,(H2,16,17). The van der Waals surface area contributed by atoms with Gasteiger partial charge in [-0.3, -0.25) is 9.48 Å². The smallest absolute Gasteiger partial charge is 0.328 e. The lowest BCUT2D eigenvalue weighted by atomic mass is 9.70. The lowest BCUT2D eigenvalue weighted by molar-refractivity contribution is -0.157. The average molecular weight is 277 g/mol. The Morgan fingerprint density at radius 2 is 2.30 bits per heavy atom. The minimum absolute atomic E-state index is 0.0386. The molecule has 3 atom stereocenters. The first-order valence-electron chi connectivity index (χ1n) is 7.31. The van der Waals surface area contributed by atoms with Crippen molar-refractivity contribution in [1.29, 1.82) is 0 Å². The molecular formula is C15H23N3O2. The number of carbonyl (C=O) groups is 1. The molecule has 0 amide bonds. The average Bonchev–Trinajstić information content (AvgIpc) is 2.90. The SMILES string of the molecule is CC1(C)C2CCC1(C)C(OC(=O)Cn1ccc(N)n1)C2. The van der Waals surface area contributed by atoms with Crippen molar-refractivity contribution in [3.63, 3.8) is 0 Å². The number of rotatable bonds is 3. The minimum Gasteiger partial charge on any atom is -0.460 e. The number of nitrogens with zero attached hydrogens (tertiary/aromatic N) is 2. The highest BCUT2D eigenvalue weighted by Gasteiger charge is 2.62. The number of esters is 1. The van der Waals surface area contributed by atoms with Gasteiger partial charge >= 0.3 is 5.97 Å². The van der Waals surface area contributed by atoms with E-state index < -0.39 is 0 Å². The second-order valence-electron chi connectivity index (χ2n) is 7.03. The number of nitrogen functional groups attached to an aromatic ring is 1. The highest BCUT2D eigenvalue weighted by Crippen LogP contribution is 2.66. The van der Waals surface area contributed by atoms with Crippen molar-refractivity contribution >= 4 is 11.8 Å². The van der Waals surface area contributed by atoms with Crippen molar-refractivity contribution in [3.05, 3.63) is 12.3 Å². The molecular weight excluding hydrogens is 254 g/mol. The van der Waals surface area contributed by atoms with Gasteiger partial charge in [-0.1, -0.05) is 20.8 Å². The topological polar surface area (TPSA) is 70.1 Å². The summed E-state index contributed by atoms with van der Waals surface area (Å²) in [4.78, 5) is 12.1. The van der Waals surface area contributed by atoms with Gasteiger partial charge < -0.3 is 10.5 Å². The molecule has 0 saturated heterocycles. The van der Waals surface area contributed by atoms with E-state index in [0.29, 0.717) is 11.7 Å². The molecule has 0 spiro atoms. The predicted molar refractivity (Wildman–Crippen MR) is 75.7 cm³/mol. The van der Waals surface area contributed by atoms with Crippen LogP contribution in [0.3, 0.4) is 0 Å². The molecule has 2 aliphatic carbocycles. The Morgan fingerprint density at radius 3 is 2.80 bits per heavy atom. The third kappa shape index (κ3) is 1.83. The zero-order valence-corrected chi connectivity index (χ0v) is 12.4. The fraction of sp³-hybridized carbons (Fsp3) is 0.733. The molecule has 0 aliphatic heterocycles. The summed E-state index contributed by atoms with van der Waals surface area (Å²) in [5, 5.41) is 4.01. The summed E-state index contributed by atoms with van der Waals surface area (Å²) in [7, 11) is 0. The van der Waals surface area contributed by atoms with Crippen LogP contribution in [0.25, 0.3) is 0 Å². The number of ether oxygens (including phenoxy) is 1. The third-order valence-corrected chi connectivity index (χ3v) is 5.94. The van der Waals surface area contributed by atoms with Gasteiger partial charge in [-0.15, -0.1) is 0 Å². The Kier molecular flexibility index (Phi) is 2.85. The highest BCUT2D eigenvalue weighted by atomic mass is 16.5. The quantitative estimate of drug-likeness (QED) is 0.860. The van der Waals surface area contributed by atoms with E-state index in [4.69, 9.17) is 10.5 Å². The fourth-order valence-corrected chi connectivity index (χ4v) is 4.10. The van der Waals surface area contributed by atoms with Gasteiger partial charge in [-0.25, -0.2) is 0 Å². The van der Waals surface area contributed by atoms with E-state index in [2.05, 4.69) is 25.9 Å². The first kappa shape index (κ1) is 13.5. The van der Waals surface area contributed by atoms with E-state index >= 15 is 0 Å². The maximum Gasteiger partial charge on any atom is 0.328 e. The molecule has 1 heterocycles. The molecule has 5 heteroatoms. The van der Waals surface area contributed by atoms with Crippen LogP contribution in [-0.2, 0) is 16.1 Å². The van der Waals surface area contributed by atoms with E-state index in [9.17, 15) is 4.79 Å². The van der Waals surface area contributed by atoms with Crippen LogP contribution in [0.4, 0.5) is 5.82 Å². The van der Waals surface area contributed by atoms with Gasteiger partial charge in [0.1, 0.15) is 18.5 Å². The number of carbonyl (C=O) groups excluding carboxylic acids is 1. The summed E-state index contributed by atoms with van der Waals surface area (Å²) >= 11 is 0. The largest absolute Gasteiger partial charge is 0.460 e. The van der Waals surface area contributed by atoms with E-state index in [1.165, 1.54) is 11.1 Å². The van der Waals surface area contributed by atoms with Crippen LogP contribution >= 0.6 is 0 Å². The molecule has 1 aromatic heterocycles. The van der Waals surface area contributed by atoms with Gasteiger partial charge in [-0.05, 0) is 36.7 Å². The van der Waals surface area contributed by atoms with Crippen molar-refractivity contribution < 1.29 is 9.53 Å². The molecule has 2 saturated carbocycles. The van der Waals surface area contributed by atoms with Crippen molar-refractivity contribution in [2.75, 3.05) is 5.73 Å². The minimum atomic E-state index is -0.220. The van der Waals surface area contributed by atoms with E-state index in [1.54, 1.807) is 12.3 Å². The monoisotopic (exact) mass is 277 g/mol. The maximum atomic E-state index is 12.1. The van der Waals surface area contributed by atoms with Crippen molar-refractivity contribution in [1.82, 2.24) is 9.78 Å². The van der Waals surface area contributed by atoms with Gasteiger partial charge in [0.2, 0.25) is 0 Å².